The number of esters is 1. The van der Waals surface area contributed by atoms with E-state index >= 15 is 0 Å². The summed E-state index contributed by atoms with van der Waals surface area (Å²) < 4.78 is 12.7. The lowest BCUT2D eigenvalue weighted by Gasteiger charge is -2.65. The number of benzene rings is 2. The first-order chi connectivity index (χ1) is 20.8. The number of unbranched alkanes of at least 4 members (excludes halogenated alkanes) is 3. The molecule has 2 aromatic rings. The number of ether oxygens (including phenoxy) is 2. The molecular weight excluding hydrogens is 536 g/mol. The van der Waals surface area contributed by atoms with Crippen molar-refractivity contribution in [2.45, 2.75) is 108 Å². The summed E-state index contributed by atoms with van der Waals surface area (Å²) in [6.45, 7) is 13.8. The molecule has 2 aliphatic heterocycles. The summed E-state index contributed by atoms with van der Waals surface area (Å²) in [7, 11) is 0. The first-order valence-electron chi connectivity index (χ1n) is 16.6. The van der Waals surface area contributed by atoms with Gasteiger partial charge in [-0.05, 0) is 81.1 Å². The molecule has 2 fully saturated rings. The van der Waals surface area contributed by atoms with Gasteiger partial charge in [0.05, 0.1) is 11.0 Å². The van der Waals surface area contributed by atoms with Gasteiger partial charge in [0.25, 0.3) is 0 Å². The second-order valence-electron chi connectivity index (χ2n) is 13.9. The van der Waals surface area contributed by atoms with Gasteiger partial charge in [-0.3, -0.25) is 14.6 Å². The maximum atomic E-state index is 12.8. The molecule has 2 unspecified atom stereocenters. The number of aryl methyl sites for hydroxylation is 1. The Labute approximate surface area is 258 Å². The average Bonchev–Trinajstić information content (AvgIpc) is 3.33. The van der Waals surface area contributed by atoms with Crippen LogP contribution in [-0.4, -0.2) is 70.8 Å². The van der Waals surface area contributed by atoms with Gasteiger partial charge in [-0.1, -0.05) is 69.2 Å². The predicted octanol–water partition coefficient (Wildman–Crippen LogP) is 6.08. The second kappa shape index (κ2) is 12.4. The molecule has 1 saturated heterocycles. The zero-order valence-electron chi connectivity index (χ0n) is 26.4. The molecule has 43 heavy (non-hydrogen) atoms. The molecule has 5 atom stereocenters. The summed E-state index contributed by atoms with van der Waals surface area (Å²) in [6, 6.07) is 15.0. The van der Waals surface area contributed by atoms with Crippen molar-refractivity contribution >= 4 is 5.97 Å². The molecule has 2 bridgehead atoms. The van der Waals surface area contributed by atoms with E-state index in [1.807, 2.05) is 12.1 Å². The molecule has 0 aromatic heterocycles. The zero-order valence-corrected chi connectivity index (χ0v) is 26.4. The largest absolute Gasteiger partial charge is 0.483 e. The minimum absolute atomic E-state index is 0.0208. The molecule has 0 radical (unpaired) electrons. The highest BCUT2D eigenvalue weighted by Crippen LogP contribution is 2.66. The van der Waals surface area contributed by atoms with E-state index in [1.54, 1.807) is 0 Å². The van der Waals surface area contributed by atoms with Crippen LogP contribution in [0.2, 0.25) is 0 Å². The first kappa shape index (κ1) is 30.4. The van der Waals surface area contributed by atoms with Crippen molar-refractivity contribution in [1.29, 1.82) is 0 Å². The number of aliphatic hydroxyl groups is 1. The van der Waals surface area contributed by atoms with E-state index in [2.05, 4.69) is 66.6 Å². The van der Waals surface area contributed by atoms with Crippen LogP contribution in [0.15, 0.2) is 55.1 Å². The molecule has 6 heteroatoms. The Bertz CT molecular complexity index is 1310. The molecular formula is C37H50N2O4. The quantitative estimate of drug-likeness (QED) is 0.133. The number of hydrogen-bond donors (Lipinski definition) is 1. The van der Waals surface area contributed by atoms with Crippen LogP contribution >= 0.6 is 0 Å². The number of carbonyl (C=O) groups excluding carboxylic acids is 1. The van der Waals surface area contributed by atoms with E-state index in [0.29, 0.717) is 17.4 Å². The minimum Gasteiger partial charge on any atom is -0.483 e. The Kier molecular flexibility index (Phi) is 8.74. The number of rotatable bonds is 13. The average molecular weight is 587 g/mol. The van der Waals surface area contributed by atoms with E-state index in [-0.39, 0.29) is 24.2 Å². The van der Waals surface area contributed by atoms with Crippen molar-refractivity contribution in [2.24, 2.45) is 5.92 Å². The maximum Gasteiger partial charge on any atom is 0.308 e. The molecule has 232 valence electrons. The maximum absolute atomic E-state index is 12.8. The smallest absolute Gasteiger partial charge is 0.308 e. The molecule has 1 spiro atoms. The lowest BCUT2D eigenvalue weighted by Crippen LogP contribution is -2.78. The van der Waals surface area contributed by atoms with Gasteiger partial charge in [0, 0.05) is 37.7 Å². The summed E-state index contributed by atoms with van der Waals surface area (Å²) in [5, 5.41) is 12.8. The van der Waals surface area contributed by atoms with Crippen LogP contribution in [0.3, 0.4) is 0 Å². The van der Waals surface area contributed by atoms with Crippen LogP contribution in [0.25, 0.3) is 0 Å². The summed E-state index contributed by atoms with van der Waals surface area (Å²) in [5.74, 6) is 1.38. The van der Waals surface area contributed by atoms with Crippen LogP contribution < -0.4 is 9.47 Å². The number of hydrogen-bond acceptors (Lipinski definition) is 6. The van der Waals surface area contributed by atoms with Crippen LogP contribution in [0, 0.1) is 5.92 Å². The lowest BCUT2D eigenvalue weighted by molar-refractivity contribution is -0.199. The van der Waals surface area contributed by atoms with Crippen LogP contribution in [0.4, 0.5) is 0 Å². The van der Waals surface area contributed by atoms with Crippen LogP contribution in [-0.2, 0) is 23.1 Å². The first-order valence-corrected chi connectivity index (χ1v) is 16.6. The van der Waals surface area contributed by atoms with E-state index in [9.17, 15) is 9.90 Å². The zero-order chi connectivity index (χ0) is 30.2. The molecule has 4 aliphatic rings. The van der Waals surface area contributed by atoms with Gasteiger partial charge in [-0.15, -0.1) is 6.58 Å². The highest BCUT2D eigenvalue weighted by molar-refractivity contribution is 5.72. The van der Waals surface area contributed by atoms with Gasteiger partial charge in [-0.2, -0.15) is 0 Å². The third kappa shape index (κ3) is 5.34. The van der Waals surface area contributed by atoms with E-state index in [1.165, 1.54) is 37.3 Å². The van der Waals surface area contributed by atoms with Crippen molar-refractivity contribution in [3.8, 4) is 11.5 Å². The summed E-state index contributed by atoms with van der Waals surface area (Å²) in [6.07, 6.45) is 11.0. The highest BCUT2D eigenvalue weighted by Gasteiger charge is 2.73. The van der Waals surface area contributed by atoms with Gasteiger partial charge in [0.1, 0.15) is 6.10 Å². The normalized spacial score (nSPS) is 28.9. The fourth-order valence-corrected chi connectivity index (χ4v) is 9.09. The molecule has 6 rings (SSSR count). The van der Waals surface area contributed by atoms with Crippen molar-refractivity contribution < 1.29 is 19.4 Å². The van der Waals surface area contributed by atoms with Crippen LogP contribution in [0.1, 0.15) is 82.4 Å². The van der Waals surface area contributed by atoms with Gasteiger partial charge >= 0.3 is 5.97 Å². The van der Waals surface area contributed by atoms with E-state index in [4.69, 9.17) is 9.47 Å². The Morgan fingerprint density at radius 2 is 1.95 bits per heavy atom. The van der Waals surface area contributed by atoms with Gasteiger partial charge in [-0.25, -0.2) is 0 Å². The van der Waals surface area contributed by atoms with Crippen molar-refractivity contribution in [3.05, 3.63) is 71.8 Å². The number of carbonyl (C=O) groups is 1. The fraction of sp³-hybridized carbons (Fsp3) is 0.595. The van der Waals surface area contributed by atoms with Gasteiger partial charge in [0.2, 0.25) is 0 Å². The van der Waals surface area contributed by atoms with E-state index in [0.717, 1.165) is 70.3 Å². The number of likely N-dealkylation sites (tertiary alicyclic amines) is 1. The third-order valence-electron chi connectivity index (χ3n) is 10.7. The van der Waals surface area contributed by atoms with Gasteiger partial charge in [0.15, 0.2) is 11.5 Å². The molecule has 2 heterocycles. The topological polar surface area (TPSA) is 62.2 Å². The Hall–Kier alpha value is -2.67. The van der Waals surface area contributed by atoms with Crippen molar-refractivity contribution in [1.82, 2.24) is 9.80 Å². The fourth-order valence-electron chi connectivity index (χ4n) is 9.09. The molecule has 2 aliphatic carbocycles. The van der Waals surface area contributed by atoms with E-state index < -0.39 is 11.0 Å². The Morgan fingerprint density at radius 1 is 1.16 bits per heavy atom. The Morgan fingerprint density at radius 3 is 2.70 bits per heavy atom. The lowest BCUT2D eigenvalue weighted by atomic mass is 9.48. The van der Waals surface area contributed by atoms with Gasteiger partial charge < -0.3 is 14.6 Å². The molecule has 1 saturated carbocycles. The predicted molar refractivity (Wildman–Crippen MR) is 171 cm³/mol. The summed E-state index contributed by atoms with van der Waals surface area (Å²) in [5.41, 5.74) is 2.36. The highest BCUT2D eigenvalue weighted by atomic mass is 16.6. The van der Waals surface area contributed by atoms with Crippen LogP contribution in [0.5, 0.6) is 11.5 Å². The second-order valence-corrected chi connectivity index (χ2v) is 13.9. The van der Waals surface area contributed by atoms with Crippen molar-refractivity contribution in [2.75, 3.05) is 26.2 Å². The minimum atomic E-state index is -0.899. The monoisotopic (exact) mass is 586 g/mol. The number of nitrogens with zero attached hydrogens (tertiary/aromatic N) is 2. The molecule has 6 nitrogen and oxygen atoms in total. The molecule has 1 N–H and O–H groups in total. The Balaban J connectivity index is 1.27. The standard InChI is InChI=1S/C37H50N2O4/c1-5-21-38-23-20-36-33-29-16-17-31(42-27(4)40)34(33)43-35(36)30(18-19-37(36,41)32(38)24-29)39(25-26(2)3)22-12-7-6-9-13-28-14-10-8-11-15-28/h5,8,10-11,14-17,26,30,32,35,41H,1,6-7,9,12-13,18-25H2,2-4H3/t30?,32-,35?,36+,37-/m1/s1. The van der Waals surface area contributed by atoms with Crippen molar-refractivity contribution in [3.63, 3.8) is 0 Å². The summed E-state index contributed by atoms with van der Waals surface area (Å²) in [4.78, 5) is 17.2. The number of piperidine rings is 1. The SMILES string of the molecule is C=CCN1CC[C@]23c4c5ccc(OC(C)=O)c4OC2C(N(CCCCCCc2ccccc2)CC(C)C)CC[C@@]3(O)[C@H]1C5. The summed E-state index contributed by atoms with van der Waals surface area (Å²) >= 11 is 0. The third-order valence-corrected chi connectivity index (χ3v) is 10.7. The molecule has 2 aromatic carbocycles. The molecule has 0 amide bonds.